The van der Waals surface area contributed by atoms with Gasteiger partial charge in [0.15, 0.2) is 0 Å². The second kappa shape index (κ2) is 5.99. The van der Waals surface area contributed by atoms with E-state index in [1.807, 2.05) is 36.7 Å². The summed E-state index contributed by atoms with van der Waals surface area (Å²) in [6, 6.07) is 9.38. The molecule has 1 aromatic heterocycles. The Bertz CT molecular complexity index is 1030. The topological polar surface area (TPSA) is 64.0 Å². The van der Waals surface area contributed by atoms with Crippen molar-refractivity contribution < 1.29 is 12.8 Å². The molecular formula is C17H18FN3O2S. The molecule has 0 aliphatic heterocycles. The van der Waals surface area contributed by atoms with Crippen LogP contribution in [0.3, 0.4) is 0 Å². The van der Waals surface area contributed by atoms with Gasteiger partial charge in [0.05, 0.1) is 15.9 Å². The van der Waals surface area contributed by atoms with Crippen LogP contribution in [0.2, 0.25) is 0 Å². The SMILES string of the molecule is Cc1cc(S(=O)(=O)NCc2ccc3c(c2)nc(C)n3C)ccc1F. The van der Waals surface area contributed by atoms with Crippen LogP contribution >= 0.6 is 0 Å². The molecular weight excluding hydrogens is 329 g/mol. The molecule has 126 valence electrons. The maximum atomic E-state index is 13.3. The fraction of sp³-hybridized carbons (Fsp3) is 0.235. The number of nitrogens with zero attached hydrogens (tertiary/aromatic N) is 2. The molecule has 0 spiro atoms. The average Bonchev–Trinajstić information content (AvgIpc) is 2.82. The van der Waals surface area contributed by atoms with E-state index in [1.54, 1.807) is 0 Å². The van der Waals surface area contributed by atoms with Gasteiger partial charge < -0.3 is 4.57 Å². The Hall–Kier alpha value is -2.25. The quantitative estimate of drug-likeness (QED) is 0.789. The lowest BCUT2D eigenvalue weighted by Crippen LogP contribution is -2.23. The number of aromatic nitrogens is 2. The lowest BCUT2D eigenvalue weighted by Gasteiger charge is -2.08. The molecule has 0 fully saturated rings. The molecule has 1 N–H and O–H groups in total. The summed E-state index contributed by atoms with van der Waals surface area (Å²) >= 11 is 0. The molecule has 0 saturated heterocycles. The standard InChI is InChI=1S/C17H18FN3O2S/c1-11-8-14(5-6-15(11)18)24(22,23)19-10-13-4-7-17-16(9-13)20-12(2)21(17)3/h4-9,19H,10H2,1-3H3. The average molecular weight is 347 g/mol. The number of fused-ring (bicyclic) bond motifs is 1. The van der Waals surface area contributed by atoms with Crippen LogP contribution in [0.1, 0.15) is 17.0 Å². The number of rotatable bonds is 4. The first-order valence-electron chi connectivity index (χ1n) is 7.46. The molecule has 3 rings (SSSR count). The summed E-state index contributed by atoms with van der Waals surface area (Å²) in [4.78, 5) is 4.49. The molecule has 7 heteroatoms. The highest BCUT2D eigenvalue weighted by atomic mass is 32.2. The first-order valence-corrected chi connectivity index (χ1v) is 8.94. The number of imidazole rings is 1. The summed E-state index contributed by atoms with van der Waals surface area (Å²) in [6.07, 6.45) is 0. The van der Waals surface area contributed by atoms with E-state index in [4.69, 9.17) is 0 Å². The normalized spacial score (nSPS) is 12.0. The van der Waals surface area contributed by atoms with Crippen LogP contribution in [0.5, 0.6) is 0 Å². The molecule has 24 heavy (non-hydrogen) atoms. The van der Waals surface area contributed by atoms with Crippen molar-refractivity contribution in [2.45, 2.75) is 25.3 Å². The fourth-order valence-electron chi connectivity index (χ4n) is 2.52. The van der Waals surface area contributed by atoms with E-state index in [9.17, 15) is 12.8 Å². The molecule has 0 amide bonds. The van der Waals surface area contributed by atoms with Crippen LogP contribution < -0.4 is 4.72 Å². The lowest BCUT2D eigenvalue weighted by atomic mass is 10.2. The predicted molar refractivity (Wildman–Crippen MR) is 90.6 cm³/mol. The van der Waals surface area contributed by atoms with E-state index in [2.05, 4.69) is 9.71 Å². The van der Waals surface area contributed by atoms with E-state index < -0.39 is 15.8 Å². The first kappa shape index (κ1) is 16.6. The number of aryl methyl sites for hydroxylation is 3. The Balaban J connectivity index is 1.82. The summed E-state index contributed by atoms with van der Waals surface area (Å²) in [7, 11) is -1.76. The van der Waals surface area contributed by atoms with E-state index in [1.165, 1.54) is 19.1 Å². The molecule has 0 aliphatic carbocycles. The van der Waals surface area contributed by atoms with Gasteiger partial charge in [0.25, 0.3) is 0 Å². The maximum absolute atomic E-state index is 13.3. The molecule has 2 aromatic carbocycles. The minimum atomic E-state index is -3.70. The first-order chi connectivity index (χ1) is 11.3. The van der Waals surface area contributed by atoms with Gasteiger partial charge in [0.1, 0.15) is 11.6 Å². The van der Waals surface area contributed by atoms with E-state index in [0.29, 0.717) is 5.56 Å². The highest BCUT2D eigenvalue weighted by Crippen LogP contribution is 2.18. The zero-order chi connectivity index (χ0) is 17.5. The largest absolute Gasteiger partial charge is 0.331 e. The Kier molecular flexibility index (Phi) is 4.15. The zero-order valence-corrected chi connectivity index (χ0v) is 14.5. The molecule has 0 atom stereocenters. The number of halogens is 1. The Morgan fingerprint density at radius 2 is 1.92 bits per heavy atom. The van der Waals surface area contributed by atoms with E-state index in [0.717, 1.165) is 28.5 Å². The lowest BCUT2D eigenvalue weighted by molar-refractivity contribution is 0.579. The van der Waals surface area contributed by atoms with Crippen molar-refractivity contribution in [2.24, 2.45) is 7.05 Å². The molecule has 0 unspecified atom stereocenters. The highest BCUT2D eigenvalue weighted by molar-refractivity contribution is 7.89. The van der Waals surface area contributed by atoms with Crippen LogP contribution in [0.25, 0.3) is 11.0 Å². The summed E-state index contributed by atoms with van der Waals surface area (Å²) in [6.45, 7) is 3.59. The zero-order valence-electron chi connectivity index (χ0n) is 13.7. The maximum Gasteiger partial charge on any atom is 0.240 e. The number of sulfonamides is 1. The number of hydrogen-bond donors (Lipinski definition) is 1. The summed E-state index contributed by atoms with van der Waals surface area (Å²) in [5.41, 5.74) is 2.92. The van der Waals surface area contributed by atoms with Crippen LogP contribution in [0, 0.1) is 19.7 Å². The molecule has 0 radical (unpaired) electrons. The van der Waals surface area contributed by atoms with Crippen LogP contribution in [0.15, 0.2) is 41.3 Å². The van der Waals surface area contributed by atoms with Crippen molar-refractivity contribution >= 4 is 21.1 Å². The van der Waals surface area contributed by atoms with Crippen molar-refractivity contribution in [3.8, 4) is 0 Å². The van der Waals surface area contributed by atoms with Gasteiger partial charge in [-0.05, 0) is 55.3 Å². The second-order valence-corrected chi connectivity index (χ2v) is 7.54. The van der Waals surface area contributed by atoms with Gasteiger partial charge in [-0.3, -0.25) is 0 Å². The second-order valence-electron chi connectivity index (χ2n) is 5.78. The van der Waals surface area contributed by atoms with Crippen molar-refractivity contribution in [2.75, 3.05) is 0 Å². The van der Waals surface area contributed by atoms with Gasteiger partial charge in [-0.2, -0.15) is 0 Å². The summed E-state index contributed by atoms with van der Waals surface area (Å²) < 4.78 is 42.5. The van der Waals surface area contributed by atoms with Gasteiger partial charge in [-0.25, -0.2) is 22.5 Å². The molecule has 0 aliphatic rings. The fourth-order valence-corrected chi connectivity index (χ4v) is 3.62. The Labute approximate surface area is 140 Å². The van der Waals surface area contributed by atoms with Crippen LogP contribution in [-0.2, 0) is 23.6 Å². The number of nitrogens with one attached hydrogen (secondary N) is 1. The predicted octanol–water partition coefficient (Wildman–Crippen LogP) is 2.81. The van der Waals surface area contributed by atoms with Gasteiger partial charge in [0.2, 0.25) is 10.0 Å². The third kappa shape index (κ3) is 3.05. The Morgan fingerprint density at radius 1 is 1.17 bits per heavy atom. The van der Waals surface area contributed by atoms with Gasteiger partial charge in [0, 0.05) is 13.6 Å². The van der Waals surface area contributed by atoms with E-state index in [-0.39, 0.29) is 11.4 Å². The van der Waals surface area contributed by atoms with Crippen molar-refractivity contribution in [1.29, 1.82) is 0 Å². The third-order valence-electron chi connectivity index (χ3n) is 4.07. The number of hydrogen-bond acceptors (Lipinski definition) is 3. The van der Waals surface area contributed by atoms with Crippen molar-refractivity contribution in [3.63, 3.8) is 0 Å². The van der Waals surface area contributed by atoms with Gasteiger partial charge >= 0.3 is 0 Å². The number of benzene rings is 2. The van der Waals surface area contributed by atoms with Crippen LogP contribution in [-0.4, -0.2) is 18.0 Å². The minimum absolute atomic E-state index is 0.0520. The van der Waals surface area contributed by atoms with Gasteiger partial charge in [-0.1, -0.05) is 6.07 Å². The molecule has 3 aromatic rings. The highest BCUT2D eigenvalue weighted by Gasteiger charge is 2.15. The minimum Gasteiger partial charge on any atom is -0.331 e. The monoisotopic (exact) mass is 347 g/mol. The van der Waals surface area contributed by atoms with E-state index >= 15 is 0 Å². The Morgan fingerprint density at radius 3 is 2.62 bits per heavy atom. The molecule has 0 bridgehead atoms. The van der Waals surface area contributed by atoms with Crippen molar-refractivity contribution in [3.05, 3.63) is 59.2 Å². The summed E-state index contributed by atoms with van der Waals surface area (Å²) in [5.74, 6) is 0.467. The molecule has 0 saturated carbocycles. The molecule has 1 heterocycles. The molecule has 5 nitrogen and oxygen atoms in total. The van der Waals surface area contributed by atoms with Gasteiger partial charge in [-0.15, -0.1) is 0 Å². The summed E-state index contributed by atoms with van der Waals surface area (Å²) in [5, 5.41) is 0. The third-order valence-corrected chi connectivity index (χ3v) is 5.47. The van der Waals surface area contributed by atoms with Crippen LogP contribution in [0.4, 0.5) is 4.39 Å². The van der Waals surface area contributed by atoms with Crippen molar-refractivity contribution in [1.82, 2.24) is 14.3 Å². The smallest absolute Gasteiger partial charge is 0.240 e.